The van der Waals surface area contributed by atoms with Crippen molar-refractivity contribution in [3.8, 4) is 5.88 Å². The molecule has 1 N–H and O–H groups in total. The number of ether oxygens (including phenoxy) is 1. The van der Waals surface area contributed by atoms with E-state index in [9.17, 15) is 0 Å². The molecule has 1 aromatic rings. The zero-order valence-electron chi connectivity index (χ0n) is 7.96. The van der Waals surface area contributed by atoms with Crippen LogP contribution in [-0.2, 0) is 6.42 Å². The molecule has 0 radical (unpaired) electrons. The van der Waals surface area contributed by atoms with E-state index in [1.54, 1.807) is 18.6 Å². The lowest BCUT2D eigenvalue weighted by molar-refractivity contribution is 0.382. The lowest BCUT2D eigenvalue weighted by Gasteiger charge is -2.21. The van der Waals surface area contributed by atoms with Crippen LogP contribution in [0.1, 0.15) is 29.3 Å². The van der Waals surface area contributed by atoms with E-state index in [-0.39, 0.29) is 0 Å². The van der Waals surface area contributed by atoms with Gasteiger partial charge in [0.05, 0.1) is 7.11 Å². The summed E-state index contributed by atoms with van der Waals surface area (Å²) in [7, 11) is 3.69. The van der Waals surface area contributed by atoms with Crippen LogP contribution in [0.15, 0.2) is 0 Å². The highest BCUT2D eigenvalue weighted by Gasteiger charge is 2.25. The first-order chi connectivity index (χ1) is 6.36. The molecule has 3 nitrogen and oxygen atoms in total. The summed E-state index contributed by atoms with van der Waals surface area (Å²) in [5.41, 5.74) is 1.29. The predicted octanol–water partition coefficient (Wildman–Crippen LogP) is 1.75. The van der Waals surface area contributed by atoms with Crippen LogP contribution >= 0.6 is 11.5 Å². The molecule has 1 aliphatic carbocycles. The van der Waals surface area contributed by atoms with Gasteiger partial charge >= 0.3 is 0 Å². The lowest BCUT2D eigenvalue weighted by atomic mass is 9.94. The Bertz CT molecular complexity index is 284. The molecule has 1 aromatic heterocycles. The largest absolute Gasteiger partial charge is 0.480 e. The van der Waals surface area contributed by atoms with E-state index in [1.807, 2.05) is 7.05 Å². The Balaban J connectivity index is 2.39. The molecule has 0 aromatic carbocycles. The number of hydrogen-bond donors (Lipinski definition) is 1. The Morgan fingerprint density at radius 1 is 1.62 bits per heavy atom. The van der Waals surface area contributed by atoms with Gasteiger partial charge in [-0.1, -0.05) is 0 Å². The Hall–Kier alpha value is -0.610. The van der Waals surface area contributed by atoms with Crippen LogP contribution in [0.5, 0.6) is 5.88 Å². The molecule has 13 heavy (non-hydrogen) atoms. The van der Waals surface area contributed by atoms with E-state index in [2.05, 4.69) is 9.69 Å². The van der Waals surface area contributed by atoms with Gasteiger partial charge in [-0.05, 0) is 37.8 Å². The fourth-order valence-corrected chi connectivity index (χ4v) is 2.81. The van der Waals surface area contributed by atoms with Crippen LogP contribution in [0.4, 0.5) is 0 Å². The first kappa shape index (κ1) is 8.97. The molecule has 0 bridgehead atoms. The first-order valence-corrected chi connectivity index (χ1v) is 5.34. The van der Waals surface area contributed by atoms with Crippen LogP contribution in [0.25, 0.3) is 0 Å². The fraction of sp³-hybridized carbons (Fsp3) is 0.667. The van der Waals surface area contributed by atoms with E-state index in [0.717, 1.165) is 12.3 Å². The Labute approximate surface area is 82.3 Å². The zero-order chi connectivity index (χ0) is 9.26. The molecule has 0 amide bonds. The number of nitrogens with one attached hydrogen (secondary N) is 1. The first-order valence-electron chi connectivity index (χ1n) is 4.56. The summed E-state index contributed by atoms with van der Waals surface area (Å²) in [6, 6.07) is 0.442. The summed E-state index contributed by atoms with van der Waals surface area (Å²) in [5.74, 6) is 0.819. The SMILES string of the molecule is CNC1CCCc2snc(OC)c21. The Kier molecular flexibility index (Phi) is 2.51. The number of aryl methyl sites for hydroxylation is 1. The van der Waals surface area contributed by atoms with Gasteiger partial charge in [0.2, 0.25) is 5.88 Å². The molecule has 1 atom stereocenters. The summed E-state index contributed by atoms with van der Waals surface area (Å²) in [6.07, 6.45) is 3.61. The van der Waals surface area contributed by atoms with Crippen molar-refractivity contribution in [1.29, 1.82) is 0 Å². The van der Waals surface area contributed by atoms with Gasteiger partial charge in [0.15, 0.2) is 0 Å². The molecule has 0 fully saturated rings. The van der Waals surface area contributed by atoms with Gasteiger partial charge < -0.3 is 10.1 Å². The van der Waals surface area contributed by atoms with Crippen molar-refractivity contribution in [2.75, 3.05) is 14.2 Å². The average Bonchev–Trinajstić information content (AvgIpc) is 2.60. The molecule has 1 heterocycles. The predicted molar refractivity (Wildman–Crippen MR) is 53.4 cm³/mol. The van der Waals surface area contributed by atoms with Gasteiger partial charge in [0, 0.05) is 16.5 Å². The molecule has 4 heteroatoms. The summed E-state index contributed by atoms with van der Waals surface area (Å²) in [4.78, 5) is 1.39. The maximum absolute atomic E-state index is 5.24. The zero-order valence-corrected chi connectivity index (χ0v) is 8.78. The van der Waals surface area contributed by atoms with E-state index >= 15 is 0 Å². The summed E-state index contributed by atoms with van der Waals surface area (Å²) in [6.45, 7) is 0. The second-order valence-electron chi connectivity index (χ2n) is 3.26. The number of methoxy groups -OCH3 is 1. The van der Waals surface area contributed by atoms with Gasteiger partial charge in [-0.15, -0.1) is 0 Å². The van der Waals surface area contributed by atoms with Crippen molar-refractivity contribution in [2.24, 2.45) is 0 Å². The number of fused-ring (bicyclic) bond motifs is 1. The number of nitrogens with zero attached hydrogens (tertiary/aromatic N) is 1. The second-order valence-corrected chi connectivity index (χ2v) is 4.12. The summed E-state index contributed by atoms with van der Waals surface area (Å²) < 4.78 is 9.54. The van der Waals surface area contributed by atoms with Gasteiger partial charge in [0.25, 0.3) is 0 Å². The van der Waals surface area contributed by atoms with Crippen molar-refractivity contribution in [1.82, 2.24) is 9.69 Å². The molecule has 0 spiro atoms. The van der Waals surface area contributed by atoms with E-state index in [0.29, 0.717) is 6.04 Å². The number of rotatable bonds is 2. The highest BCUT2D eigenvalue weighted by Crippen LogP contribution is 2.38. The molecule has 1 unspecified atom stereocenters. The Morgan fingerprint density at radius 2 is 2.46 bits per heavy atom. The molecule has 0 aliphatic heterocycles. The van der Waals surface area contributed by atoms with Crippen LogP contribution in [0.3, 0.4) is 0 Å². The average molecular weight is 198 g/mol. The number of aromatic nitrogens is 1. The summed E-state index contributed by atoms with van der Waals surface area (Å²) in [5, 5.41) is 3.31. The molecule has 0 saturated carbocycles. The second kappa shape index (κ2) is 3.64. The minimum Gasteiger partial charge on any atom is -0.480 e. The minimum atomic E-state index is 0.442. The minimum absolute atomic E-state index is 0.442. The van der Waals surface area contributed by atoms with Gasteiger partial charge in [0.1, 0.15) is 0 Å². The van der Waals surface area contributed by atoms with Crippen LogP contribution in [0, 0.1) is 0 Å². The van der Waals surface area contributed by atoms with Gasteiger partial charge in [-0.25, -0.2) is 0 Å². The monoisotopic (exact) mass is 198 g/mol. The topological polar surface area (TPSA) is 34.2 Å². The third kappa shape index (κ3) is 1.44. The van der Waals surface area contributed by atoms with E-state index < -0.39 is 0 Å². The van der Waals surface area contributed by atoms with E-state index in [4.69, 9.17) is 4.74 Å². The quantitative estimate of drug-likeness (QED) is 0.786. The van der Waals surface area contributed by atoms with Crippen molar-refractivity contribution in [3.63, 3.8) is 0 Å². The van der Waals surface area contributed by atoms with Crippen molar-refractivity contribution < 1.29 is 4.74 Å². The van der Waals surface area contributed by atoms with Crippen LogP contribution < -0.4 is 10.1 Å². The smallest absolute Gasteiger partial charge is 0.230 e. The molecular formula is C9H14N2OS. The third-order valence-corrected chi connectivity index (χ3v) is 3.46. The maximum atomic E-state index is 5.24. The van der Waals surface area contributed by atoms with Gasteiger partial charge in [-0.3, -0.25) is 0 Å². The van der Waals surface area contributed by atoms with Crippen molar-refractivity contribution in [2.45, 2.75) is 25.3 Å². The Morgan fingerprint density at radius 3 is 3.15 bits per heavy atom. The van der Waals surface area contributed by atoms with E-state index in [1.165, 1.54) is 23.3 Å². The number of hydrogen-bond acceptors (Lipinski definition) is 4. The molecule has 0 saturated heterocycles. The van der Waals surface area contributed by atoms with Crippen molar-refractivity contribution >= 4 is 11.5 Å². The third-order valence-electron chi connectivity index (χ3n) is 2.56. The van der Waals surface area contributed by atoms with Gasteiger partial charge in [-0.2, -0.15) is 4.37 Å². The standard InChI is InChI=1S/C9H14N2OS/c1-10-6-4-3-5-7-8(6)9(12-2)11-13-7/h6,10H,3-5H2,1-2H3. The fourth-order valence-electron chi connectivity index (χ4n) is 1.88. The molecule has 2 rings (SSSR count). The van der Waals surface area contributed by atoms with Crippen LogP contribution in [0.2, 0.25) is 0 Å². The van der Waals surface area contributed by atoms with Crippen molar-refractivity contribution in [3.05, 3.63) is 10.4 Å². The summed E-state index contributed by atoms with van der Waals surface area (Å²) >= 11 is 1.58. The molecule has 1 aliphatic rings. The highest BCUT2D eigenvalue weighted by molar-refractivity contribution is 7.06. The molecule has 72 valence electrons. The lowest BCUT2D eigenvalue weighted by Crippen LogP contribution is -2.20. The maximum Gasteiger partial charge on any atom is 0.230 e. The highest BCUT2D eigenvalue weighted by atomic mass is 32.1. The van der Waals surface area contributed by atoms with Crippen LogP contribution in [-0.4, -0.2) is 18.5 Å². The molecular weight excluding hydrogens is 184 g/mol. The normalized spacial score (nSPS) is 21.2.